The summed E-state index contributed by atoms with van der Waals surface area (Å²) in [4.78, 5) is 4.68. The number of hydrogen-bond acceptors (Lipinski definition) is 3. The Morgan fingerprint density at radius 2 is 1.21 bits per heavy atom. The highest BCUT2D eigenvalue weighted by atomic mass is 16.3. The molecule has 0 atom stereocenters. The largest absolute Gasteiger partial charge is 0.456 e. The molecule has 7 rings (SSSR count). The number of benzene rings is 4. The number of hydrogen-bond donors (Lipinski definition) is 0. The Bertz CT molecular complexity index is 1780. The van der Waals surface area contributed by atoms with Crippen LogP contribution in [0, 0.1) is 13.8 Å². The lowest BCUT2D eigenvalue weighted by molar-refractivity contribution is 0.653. The summed E-state index contributed by atoms with van der Waals surface area (Å²) < 4.78 is 12.8. The van der Waals surface area contributed by atoms with E-state index in [9.17, 15) is 0 Å². The molecule has 7 aromatic rings. The van der Waals surface area contributed by atoms with Gasteiger partial charge in [-0.1, -0.05) is 66.7 Å². The van der Waals surface area contributed by atoms with E-state index in [-0.39, 0.29) is 0 Å². The Morgan fingerprint density at radius 1 is 0.588 bits per heavy atom. The van der Waals surface area contributed by atoms with Crippen molar-refractivity contribution in [2.24, 2.45) is 0 Å². The Hall–Kier alpha value is -4.37. The number of rotatable bonds is 2. The predicted octanol–water partition coefficient (Wildman–Crippen LogP) is 8.83. The van der Waals surface area contributed by atoms with Gasteiger partial charge in [0.15, 0.2) is 0 Å². The van der Waals surface area contributed by atoms with Gasteiger partial charge in [0.25, 0.3) is 0 Å². The molecule has 0 radical (unpaired) electrons. The van der Waals surface area contributed by atoms with Gasteiger partial charge in [0, 0.05) is 44.9 Å². The van der Waals surface area contributed by atoms with Crippen LogP contribution in [0.25, 0.3) is 66.3 Å². The van der Waals surface area contributed by atoms with E-state index < -0.39 is 0 Å². The zero-order chi connectivity index (χ0) is 22.8. The number of aryl methyl sites for hydroxylation is 2. The van der Waals surface area contributed by atoms with E-state index in [0.717, 1.165) is 77.4 Å². The number of nitrogens with zero attached hydrogens (tertiary/aromatic N) is 1. The summed E-state index contributed by atoms with van der Waals surface area (Å²) in [5.74, 6) is 0. The Balaban J connectivity index is 1.68. The second-order valence-electron chi connectivity index (χ2n) is 8.90. The third kappa shape index (κ3) is 2.67. The smallest absolute Gasteiger partial charge is 0.139 e. The fourth-order valence-corrected chi connectivity index (χ4v) is 5.16. The number of para-hydroxylation sites is 2. The number of fused-ring (bicyclic) bond motifs is 6. The molecule has 0 fully saturated rings. The summed E-state index contributed by atoms with van der Waals surface area (Å²) in [6, 6.07) is 29.3. The highest BCUT2D eigenvalue weighted by Gasteiger charge is 2.22. The molecule has 0 N–H and O–H groups in total. The normalized spacial score (nSPS) is 11.8. The second kappa shape index (κ2) is 7.06. The van der Waals surface area contributed by atoms with E-state index in [0.29, 0.717) is 0 Å². The minimum atomic E-state index is 0.835. The van der Waals surface area contributed by atoms with Crippen LogP contribution in [0.2, 0.25) is 0 Å². The van der Waals surface area contributed by atoms with Gasteiger partial charge in [-0.3, -0.25) is 4.98 Å². The van der Waals surface area contributed by atoms with Crippen LogP contribution in [-0.2, 0) is 0 Å². The molecule has 0 aliphatic carbocycles. The first-order chi connectivity index (χ1) is 16.7. The highest BCUT2D eigenvalue weighted by Crippen LogP contribution is 2.46. The molecule has 0 aliphatic heterocycles. The predicted molar refractivity (Wildman–Crippen MR) is 139 cm³/mol. The zero-order valence-corrected chi connectivity index (χ0v) is 18.9. The molecule has 3 nitrogen and oxygen atoms in total. The van der Waals surface area contributed by atoms with E-state index in [1.54, 1.807) is 0 Å². The number of furan rings is 2. The average molecular weight is 440 g/mol. The lowest BCUT2D eigenvalue weighted by Gasteiger charge is -2.09. The van der Waals surface area contributed by atoms with Crippen LogP contribution in [0.15, 0.2) is 100.0 Å². The van der Waals surface area contributed by atoms with Crippen LogP contribution in [0.1, 0.15) is 11.1 Å². The topological polar surface area (TPSA) is 39.2 Å². The summed E-state index contributed by atoms with van der Waals surface area (Å²) in [6.45, 7) is 4.18. The van der Waals surface area contributed by atoms with Crippen molar-refractivity contribution in [3.63, 3.8) is 0 Å². The minimum Gasteiger partial charge on any atom is -0.456 e. The molecule has 0 saturated carbocycles. The molecule has 34 heavy (non-hydrogen) atoms. The van der Waals surface area contributed by atoms with E-state index in [4.69, 9.17) is 8.83 Å². The molecule has 0 spiro atoms. The molecule has 0 bridgehead atoms. The maximum atomic E-state index is 6.42. The first-order valence-electron chi connectivity index (χ1n) is 11.5. The SMILES string of the molecule is Cc1cccc2c1oc1cc3oc4c(C)cccc4c3c(-c3ccnc(-c4ccccc4)c3)c12. The van der Waals surface area contributed by atoms with Gasteiger partial charge in [-0.25, -0.2) is 0 Å². The molecule has 3 heteroatoms. The second-order valence-corrected chi connectivity index (χ2v) is 8.90. The van der Waals surface area contributed by atoms with Gasteiger partial charge in [0.1, 0.15) is 22.3 Å². The first kappa shape index (κ1) is 19.1. The van der Waals surface area contributed by atoms with Crippen molar-refractivity contribution in [3.05, 3.63) is 102 Å². The van der Waals surface area contributed by atoms with Crippen LogP contribution in [0.5, 0.6) is 0 Å². The molecule has 162 valence electrons. The van der Waals surface area contributed by atoms with Gasteiger partial charge >= 0.3 is 0 Å². The Morgan fingerprint density at radius 3 is 1.82 bits per heavy atom. The summed E-state index contributed by atoms with van der Waals surface area (Å²) in [6.07, 6.45) is 1.89. The van der Waals surface area contributed by atoms with Crippen LogP contribution < -0.4 is 0 Å². The molecule has 3 aromatic heterocycles. The monoisotopic (exact) mass is 439 g/mol. The van der Waals surface area contributed by atoms with Crippen LogP contribution in [-0.4, -0.2) is 4.98 Å². The fraction of sp³-hybridized carbons (Fsp3) is 0.0645. The molecular formula is C31H21NO2. The van der Waals surface area contributed by atoms with Crippen molar-refractivity contribution in [1.29, 1.82) is 0 Å². The maximum Gasteiger partial charge on any atom is 0.139 e. The molecular weight excluding hydrogens is 418 g/mol. The molecule has 0 amide bonds. The van der Waals surface area contributed by atoms with Gasteiger partial charge < -0.3 is 8.83 Å². The fourth-order valence-electron chi connectivity index (χ4n) is 5.16. The third-order valence-electron chi connectivity index (χ3n) is 6.76. The van der Waals surface area contributed by atoms with Gasteiger partial charge in [-0.15, -0.1) is 0 Å². The maximum absolute atomic E-state index is 6.42. The van der Waals surface area contributed by atoms with Gasteiger partial charge in [0.05, 0.1) is 5.69 Å². The standard InChI is InChI=1S/C31H21NO2/c1-18-8-6-12-22-28-25(33-30(18)22)17-26-29(23-13-7-9-19(2)31(23)34-26)27(28)21-14-15-32-24(16-21)20-10-4-3-5-11-20/h3-17H,1-2H3. The van der Waals surface area contributed by atoms with Crippen molar-refractivity contribution in [1.82, 2.24) is 4.98 Å². The molecule has 0 unspecified atom stereocenters. The van der Waals surface area contributed by atoms with Crippen molar-refractivity contribution in [3.8, 4) is 22.4 Å². The summed E-state index contributed by atoms with van der Waals surface area (Å²) in [5.41, 5.74) is 10.0. The summed E-state index contributed by atoms with van der Waals surface area (Å²) in [5, 5.41) is 4.46. The van der Waals surface area contributed by atoms with E-state index >= 15 is 0 Å². The Labute approximate surface area is 196 Å². The van der Waals surface area contributed by atoms with Crippen molar-refractivity contribution >= 4 is 43.9 Å². The molecule has 0 saturated heterocycles. The van der Waals surface area contributed by atoms with Crippen LogP contribution in [0.4, 0.5) is 0 Å². The lowest BCUT2D eigenvalue weighted by atomic mass is 9.93. The van der Waals surface area contributed by atoms with Crippen LogP contribution >= 0.6 is 0 Å². The first-order valence-corrected chi connectivity index (χ1v) is 11.5. The van der Waals surface area contributed by atoms with Crippen molar-refractivity contribution in [2.45, 2.75) is 13.8 Å². The average Bonchev–Trinajstić information content (AvgIpc) is 3.43. The Kier molecular flexibility index (Phi) is 3.97. The third-order valence-corrected chi connectivity index (χ3v) is 6.76. The zero-order valence-electron chi connectivity index (χ0n) is 18.9. The van der Waals surface area contributed by atoms with Crippen LogP contribution in [0.3, 0.4) is 0 Å². The van der Waals surface area contributed by atoms with Gasteiger partial charge in [-0.05, 0) is 42.7 Å². The molecule has 0 aliphatic rings. The van der Waals surface area contributed by atoms with Crippen molar-refractivity contribution in [2.75, 3.05) is 0 Å². The van der Waals surface area contributed by atoms with Crippen molar-refractivity contribution < 1.29 is 8.83 Å². The number of pyridine rings is 1. The summed E-state index contributed by atoms with van der Waals surface area (Å²) in [7, 11) is 0. The van der Waals surface area contributed by atoms with Gasteiger partial charge in [0.2, 0.25) is 0 Å². The van der Waals surface area contributed by atoms with E-state index in [1.807, 2.05) is 30.5 Å². The molecule has 4 aromatic carbocycles. The minimum absolute atomic E-state index is 0.835. The summed E-state index contributed by atoms with van der Waals surface area (Å²) >= 11 is 0. The quantitative estimate of drug-likeness (QED) is 0.270. The highest BCUT2D eigenvalue weighted by molar-refractivity contribution is 6.25. The van der Waals surface area contributed by atoms with E-state index in [1.165, 1.54) is 0 Å². The van der Waals surface area contributed by atoms with Gasteiger partial charge in [-0.2, -0.15) is 0 Å². The lowest BCUT2D eigenvalue weighted by Crippen LogP contribution is -1.87. The molecule has 3 heterocycles. The van der Waals surface area contributed by atoms with E-state index in [2.05, 4.69) is 79.5 Å². The number of aromatic nitrogens is 1.